The summed E-state index contributed by atoms with van der Waals surface area (Å²) in [5.74, 6) is 0.221. The molecule has 1 fully saturated rings. The summed E-state index contributed by atoms with van der Waals surface area (Å²) in [5, 5.41) is 12.6. The Labute approximate surface area is 150 Å². The van der Waals surface area contributed by atoms with Crippen molar-refractivity contribution in [3.05, 3.63) is 35.4 Å². The maximum absolute atomic E-state index is 12.6. The van der Waals surface area contributed by atoms with E-state index >= 15 is 0 Å². The van der Waals surface area contributed by atoms with Crippen LogP contribution in [0.5, 0.6) is 0 Å². The molecule has 1 aromatic rings. The first kappa shape index (κ1) is 19.4. The minimum Gasteiger partial charge on any atom is -0.392 e. The maximum atomic E-state index is 12.6. The third-order valence-electron chi connectivity index (χ3n) is 4.74. The molecule has 1 saturated carbocycles. The Morgan fingerprint density at radius 3 is 2.28 bits per heavy atom. The zero-order valence-electron chi connectivity index (χ0n) is 15.5. The number of hydrogen-bond donors (Lipinski definition) is 2. The van der Waals surface area contributed by atoms with E-state index in [4.69, 9.17) is 0 Å². The quantitative estimate of drug-likeness (QED) is 0.797. The van der Waals surface area contributed by atoms with Gasteiger partial charge < -0.3 is 15.3 Å². The van der Waals surface area contributed by atoms with Gasteiger partial charge in [0.2, 0.25) is 5.91 Å². The summed E-state index contributed by atoms with van der Waals surface area (Å²) in [6.07, 6.45) is 3.72. The second kappa shape index (κ2) is 8.99. The monoisotopic (exact) mass is 346 g/mol. The molecule has 0 radical (unpaired) electrons. The third kappa shape index (κ3) is 5.56. The topological polar surface area (TPSA) is 69.6 Å². The predicted molar refractivity (Wildman–Crippen MR) is 98.1 cm³/mol. The number of amides is 2. The number of nitrogens with one attached hydrogen (secondary N) is 1. The van der Waals surface area contributed by atoms with E-state index < -0.39 is 6.10 Å². The second-order valence-corrected chi connectivity index (χ2v) is 7.30. The van der Waals surface area contributed by atoms with Gasteiger partial charge in [0.15, 0.2) is 0 Å². The van der Waals surface area contributed by atoms with Crippen molar-refractivity contribution in [1.82, 2.24) is 10.2 Å². The Hall–Kier alpha value is -1.88. The molecular formula is C20H30N2O3. The van der Waals surface area contributed by atoms with Gasteiger partial charge in [0.05, 0.1) is 6.10 Å². The zero-order valence-corrected chi connectivity index (χ0v) is 15.5. The Kier molecular flexibility index (Phi) is 7.00. The lowest BCUT2D eigenvalue weighted by molar-refractivity contribution is -0.124. The minimum absolute atomic E-state index is 0.0208. The van der Waals surface area contributed by atoms with Crippen molar-refractivity contribution < 1.29 is 14.7 Å². The normalized spacial score (nSPS) is 16.0. The van der Waals surface area contributed by atoms with E-state index in [0.29, 0.717) is 18.7 Å². The fourth-order valence-electron chi connectivity index (χ4n) is 3.27. The summed E-state index contributed by atoms with van der Waals surface area (Å²) in [7, 11) is 0. The summed E-state index contributed by atoms with van der Waals surface area (Å²) >= 11 is 0. The maximum Gasteiger partial charge on any atom is 0.254 e. The van der Waals surface area contributed by atoms with Gasteiger partial charge in [-0.2, -0.15) is 0 Å². The van der Waals surface area contributed by atoms with E-state index in [2.05, 4.69) is 5.32 Å². The standard InChI is InChI=1S/C20H30N2O3/c1-14(2)22(13-15(3)23)20(25)18-10-8-16(9-11-18)12-21-19(24)17-6-4-5-7-17/h8-11,14-15,17,23H,4-7,12-13H2,1-3H3,(H,21,24). The van der Waals surface area contributed by atoms with E-state index in [1.807, 2.05) is 26.0 Å². The smallest absolute Gasteiger partial charge is 0.254 e. The first-order valence-corrected chi connectivity index (χ1v) is 9.24. The number of carbonyl (C=O) groups is 2. The lowest BCUT2D eigenvalue weighted by atomic mass is 10.1. The van der Waals surface area contributed by atoms with E-state index in [9.17, 15) is 14.7 Å². The van der Waals surface area contributed by atoms with Crippen LogP contribution in [0.3, 0.4) is 0 Å². The molecule has 2 rings (SSSR count). The van der Waals surface area contributed by atoms with Gasteiger partial charge in [-0.05, 0) is 51.3 Å². The molecule has 1 aromatic carbocycles. The predicted octanol–water partition coefficient (Wildman–Crippen LogP) is 2.72. The summed E-state index contributed by atoms with van der Waals surface area (Å²) in [4.78, 5) is 26.4. The SMILES string of the molecule is CC(O)CN(C(=O)c1ccc(CNC(=O)C2CCCC2)cc1)C(C)C. The van der Waals surface area contributed by atoms with E-state index in [1.54, 1.807) is 24.0 Å². The van der Waals surface area contributed by atoms with Gasteiger partial charge in [0, 0.05) is 30.6 Å². The lowest BCUT2D eigenvalue weighted by Gasteiger charge is -2.28. The first-order chi connectivity index (χ1) is 11.9. The molecule has 25 heavy (non-hydrogen) atoms. The van der Waals surface area contributed by atoms with E-state index in [0.717, 1.165) is 31.2 Å². The van der Waals surface area contributed by atoms with Crippen LogP contribution in [0.1, 0.15) is 62.4 Å². The number of aliphatic hydroxyl groups is 1. The Morgan fingerprint density at radius 1 is 1.16 bits per heavy atom. The van der Waals surface area contributed by atoms with Crippen molar-refractivity contribution in [2.45, 2.75) is 65.1 Å². The Bertz CT molecular complexity index is 575. The molecule has 0 aliphatic heterocycles. The molecule has 1 unspecified atom stereocenters. The van der Waals surface area contributed by atoms with Crippen molar-refractivity contribution in [1.29, 1.82) is 0 Å². The van der Waals surface area contributed by atoms with Crippen molar-refractivity contribution in [2.24, 2.45) is 5.92 Å². The van der Waals surface area contributed by atoms with Crippen molar-refractivity contribution in [2.75, 3.05) is 6.54 Å². The first-order valence-electron chi connectivity index (χ1n) is 9.24. The van der Waals surface area contributed by atoms with Crippen molar-refractivity contribution in [3.63, 3.8) is 0 Å². The molecule has 2 amide bonds. The molecule has 2 N–H and O–H groups in total. The molecule has 0 aromatic heterocycles. The molecule has 0 spiro atoms. The number of benzene rings is 1. The lowest BCUT2D eigenvalue weighted by Crippen LogP contribution is -2.41. The molecule has 0 bridgehead atoms. The number of nitrogens with zero attached hydrogens (tertiary/aromatic N) is 1. The Morgan fingerprint density at radius 2 is 1.76 bits per heavy atom. The number of hydrogen-bond acceptors (Lipinski definition) is 3. The van der Waals surface area contributed by atoms with Crippen molar-refractivity contribution in [3.8, 4) is 0 Å². The molecule has 1 aliphatic carbocycles. The molecule has 0 heterocycles. The van der Waals surface area contributed by atoms with Crippen LogP contribution in [0.4, 0.5) is 0 Å². The van der Waals surface area contributed by atoms with Gasteiger partial charge in [0.25, 0.3) is 5.91 Å². The van der Waals surface area contributed by atoms with Crippen LogP contribution < -0.4 is 5.32 Å². The van der Waals surface area contributed by atoms with Crippen molar-refractivity contribution >= 4 is 11.8 Å². The molecule has 5 nitrogen and oxygen atoms in total. The fourth-order valence-corrected chi connectivity index (χ4v) is 3.27. The van der Waals surface area contributed by atoms with Gasteiger partial charge in [-0.1, -0.05) is 25.0 Å². The van der Waals surface area contributed by atoms with Gasteiger partial charge in [-0.3, -0.25) is 9.59 Å². The van der Waals surface area contributed by atoms with Crippen LogP contribution in [-0.4, -0.2) is 40.5 Å². The van der Waals surface area contributed by atoms with Gasteiger partial charge >= 0.3 is 0 Å². The highest BCUT2D eigenvalue weighted by Gasteiger charge is 2.22. The number of carbonyl (C=O) groups excluding carboxylic acids is 2. The fraction of sp³-hybridized carbons (Fsp3) is 0.600. The highest BCUT2D eigenvalue weighted by molar-refractivity contribution is 5.94. The van der Waals surface area contributed by atoms with Gasteiger partial charge in [0.1, 0.15) is 0 Å². The molecule has 5 heteroatoms. The van der Waals surface area contributed by atoms with Gasteiger partial charge in [-0.15, -0.1) is 0 Å². The zero-order chi connectivity index (χ0) is 18.4. The highest BCUT2D eigenvalue weighted by atomic mass is 16.3. The minimum atomic E-state index is -0.559. The van der Waals surface area contributed by atoms with Crippen LogP contribution >= 0.6 is 0 Å². The van der Waals surface area contributed by atoms with E-state index in [-0.39, 0.29) is 23.8 Å². The van der Waals surface area contributed by atoms with Crippen LogP contribution in [0.25, 0.3) is 0 Å². The van der Waals surface area contributed by atoms with Crippen LogP contribution in [0.2, 0.25) is 0 Å². The van der Waals surface area contributed by atoms with Crippen LogP contribution in [-0.2, 0) is 11.3 Å². The van der Waals surface area contributed by atoms with E-state index in [1.165, 1.54) is 0 Å². The average Bonchev–Trinajstić information content (AvgIpc) is 3.11. The number of rotatable bonds is 7. The van der Waals surface area contributed by atoms with Crippen LogP contribution in [0, 0.1) is 5.92 Å². The third-order valence-corrected chi connectivity index (χ3v) is 4.74. The molecule has 1 aliphatic rings. The number of aliphatic hydroxyl groups excluding tert-OH is 1. The summed E-state index contributed by atoms with van der Waals surface area (Å²) in [6.45, 7) is 6.36. The summed E-state index contributed by atoms with van der Waals surface area (Å²) < 4.78 is 0. The highest BCUT2D eigenvalue weighted by Crippen LogP contribution is 2.24. The van der Waals surface area contributed by atoms with Crippen LogP contribution in [0.15, 0.2) is 24.3 Å². The summed E-state index contributed by atoms with van der Waals surface area (Å²) in [6, 6.07) is 7.35. The molecule has 0 saturated heterocycles. The largest absolute Gasteiger partial charge is 0.392 e. The second-order valence-electron chi connectivity index (χ2n) is 7.30. The van der Waals surface area contributed by atoms with Gasteiger partial charge in [-0.25, -0.2) is 0 Å². The Balaban J connectivity index is 1.93. The molecule has 1 atom stereocenters. The molecule has 138 valence electrons. The molecular weight excluding hydrogens is 316 g/mol. The summed E-state index contributed by atoms with van der Waals surface area (Å²) in [5.41, 5.74) is 1.58. The average molecular weight is 346 g/mol.